The molecule has 1 aromatic carbocycles. The number of halogens is 1. The molecule has 1 aliphatic carbocycles. The van der Waals surface area contributed by atoms with Crippen LogP contribution in [0.5, 0.6) is 0 Å². The van der Waals surface area contributed by atoms with Crippen molar-refractivity contribution in [1.29, 1.82) is 0 Å². The Morgan fingerprint density at radius 3 is 2.56 bits per heavy atom. The van der Waals surface area contributed by atoms with Crippen LogP contribution < -0.4 is 5.73 Å². The predicted octanol–water partition coefficient (Wildman–Crippen LogP) is 3.79. The molecule has 0 saturated heterocycles. The fraction of sp³-hybridized carbons (Fsp3) is 0.571. The van der Waals surface area contributed by atoms with Crippen molar-refractivity contribution in [2.45, 2.75) is 44.6 Å². The Hall–Kier alpha value is -0.530. The van der Waals surface area contributed by atoms with Crippen molar-refractivity contribution in [2.24, 2.45) is 11.7 Å². The predicted molar refractivity (Wildman–Crippen MR) is 69.7 cm³/mol. The number of nitrogens with two attached hydrogens (primary N) is 1. The van der Waals surface area contributed by atoms with Crippen LogP contribution in [0.4, 0.5) is 0 Å². The van der Waals surface area contributed by atoms with Gasteiger partial charge in [-0.25, -0.2) is 0 Å². The zero-order chi connectivity index (χ0) is 11.4. The standard InChI is InChI=1S/C14H20ClN/c15-13-9-7-11(8-10-13)3-1-4-12-5-2-6-14(12)16/h7-10,12,14H,1-6,16H2/t12-,14-/m1/s1. The summed E-state index contributed by atoms with van der Waals surface area (Å²) in [6.07, 6.45) is 7.57. The minimum absolute atomic E-state index is 0.463. The van der Waals surface area contributed by atoms with E-state index in [0.29, 0.717) is 6.04 Å². The number of benzene rings is 1. The van der Waals surface area contributed by atoms with Crippen LogP contribution in [-0.2, 0) is 6.42 Å². The van der Waals surface area contributed by atoms with Crippen LogP contribution in [0.25, 0.3) is 0 Å². The largest absolute Gasteiger partial charge is 0.327 e. The Labute approximate surface area is 103 Å². The highest BCUT2D eigenvalue weighted by Gasteiger charge is 2.22. The Balaban J connectivity index is 1.73. The molecular weight excluding hydrogens is 218 g/mol. The number of hydrogen-bond acceptors (Lipinski definition) is 1. The number of aryl methyl sites for hydroxylation is 1. The van der Waals surface area contributed by atoms with Gasteiger partial charge in [0.05, 0.1) is 0 Å². The molecule has 0 aromatic heterocycles. The molecule has 2 rings (SSSR count). The zero-order valence-corrected chi connectivity index (χ0v) is 10.4. The van der Waals surface area contributed by atoms with E-state index in [0.717, 1.165) is 17.4 Å². The Kier molecular flexibility index (Phi) is 4.25. The quantitative estimate of drug-likeness (QED) is 0.847. The van der Waals surface area contributed by atoms with Crippen molar-refractivity contribution in [3.8, 4) is 0 Å². The second kappa shape index (κ2) is 5.70. The summed E-state index contributed by atoms with van der Waals surface area (Å²) in [7, 11) is 0. The average molecular weight is 238 g/mol. The highest BCUT2D eigenvalue weighted by atomic mass is 35.5. The topological polar surface area (TPSA) is 26.0 Å². The molecule has 0 unspecified atom stereocenters. The lowest BCUT2D eigenvalue weighted by Crippen LogP contribution is -2.24. The summed E-state index contributed by atoms with van der Waals surface area (Å²) in [6.45, 7) is 0. The van der Waals surface area contributed by atoms with E-state index < -0.39 is 0 Å². The molecule has 0 bridgehead atoms. The van der Waals surface area contributed by atoms with E-state index in [1.807, 2.05) is 12.1 Å². The van der Waals surface area contributed by atoms with Crippen molar-refractivity contribution >= 4 is 11.6 Å². The molecule has 0 heterocycles. The first-order valence-corrected chi connectivity index (χ1v) is 6.63. The van der Waals surface area contributed by atoms with Crippen LogP contribution >= 0.6 is 11.6 Å². The van der Waals surface area contributed by atoms with E-state index in [2.05, 4.69) is 12.1 Å². The van der Waals surface area contributed by atoms with Crippen LogP contribution in [-0.4, -0.2) is 6.04 Å². The third-order valence-corrected chi connectivity index (χ3v) is 3.92. The minimum Gasteiger partial charge on any atom is -0.327 e. The monoisotopic (exact) mass is 237 g/mol. The SMILES string of the molecule is N[C@@H]1CCC[C@H]1CCCc1ccc(Cl)cc1. The van der Waals surface area contributed by atoms with Crippen LogP contribution in [0, 0.1) is 5.92 Å². The lowest BCUT2D eigenvalue weighted by atomic mass is 9.96. The molecule has 2 atom stereocenters. The summed E-state index contributed by atoms with van der Waals surface area (Å²) >= 11 is 5.85. The lowest BCUT2D eigenvalue weighted by molar-refractivity contribution is 0.433. The van der Waals surface area contributed by atoms with Gasteiger partial charge in [0.25, 0.3) is 0 Å². The summed E-state index contributed by atoms with van der Waals surface area (Å²) in [5, 5.41) is 0.821. The normalized spacial score (nSPS) is 24.9. The number of hydrogen-bond donors (Lipinski definition) is 1. The minimum atomic E-state index is 0.463. The van der Waals surface area contributed by atoms with Crippen LogP contribution in [0.1, 0.15) is 37.7 Å². The molecule has 2 N–H and O–H groups in total. The highest BCUT2D eigenvalue weighted by Crippen LogP contribution is 2.28. The molecule has 88 valence electrons. The first-order chi connectivity index (χ1) is 7.75. The molecule has 1 aliphatic rings. The van der Waals surface area contributed by atoms with Crippen LogP contribution in [0.2, 0.25) is 5.02 Å². The Bertz CT molecular complexity index is 320. The van der Waals surface area contributed by atoms with Gasteiger partial charge in [0.1, 0.15) is 0 Å². The molecule has 1 fully saturated rings. The van der Waals surface area contributed by atoms with E-state index >= 15 is 0 Å². The van der Waals surface area contributed by atoms with Crippen molar-refractivity contribution in [3.63, 3.8) is 0 Å². The maximum absolute atomic E-state index is 6.06. The molecule has 16 heavy (non-hydrogen) atoms. The summed E-state index contributed by atoms with van der Waals surface area (Å²) in [4.78, 5) is 0. The van der Waals surface area contributed by atoms with Gasteiger partial charge in [-0.05, 0) is 55.7 Å². The molecule has 0 amide bonds. The lowest BCUT2D eigenvalue weighted by Gasteiger charge is -2.14. The van der Waals surface area contributed by atoms with Gasteiger partial charge in [-0.1, -0.05) is 30.2 Å². The van der Waals surface area contributed by atoms with Gasteiger partial charge in [0.2, 0.25) is 0 Å². The van der Waals surface area contributed by atoms with Gasteiger partial charge < -0.3 is 5.73 Å². The zero-order valence-electron chi connectivity index (χ0n) is 9.66. The average Bonchev–Trinajstić information content (AvgIpc) is 2.68. The summed E-state index contributed by atoms with van der Waals surface area (Å²) in [6, 6.07) is 8.65. The molecule has 0 aliphatic heterocycles. The highest BCUT2D eigenvalue weighted by molar-refractivity contribution is 6.30. The van der Waals surface area contributed by atoms with Crippen molar-refractivity contribution in [1.82, 2.24) is 0 Å². The van der Waals surface area contributed by atoms with Crippen LogP contribution in [0.3, 0.4) is 0 Å². The maximum atomic E-state index is 6.06. The molecule has 0 radical (unpaired) electrons. The Morgan fingerprint density at radius 1 is 1.19 bits per heavy atom. The van der Waals surface area contributed by atoms with Crippen molar-refractivity contribution in [3.05, 3.63) is 34.9 Å². The van der Waals surface area contributed by atoms with E-state index in [-0.39, 0.29) is 0 Å². The summed E-state index contributed by atoms with van der Waals surface area (Å²) in [5.41, 5.74) is 7.45. The van der Waals surface area contributed by atoms with Crippen molar-refractivity contribution in [2.75, 3.05) is 0 Å². The first kappa shape index (κ1) is 11.9. The second-order valence-electron chi connectivity index (χ2n) is 4.87. The molecule has 1 saturated carbocycles. The Morgan fingerprint density at radius 2 is 1.94 bits per heavy atom. The van der Waals surface area contributed by atoms with E-state index in [1.54, 1.807) is 0 Å². The third kappa shape index (κ3) is 3.23. The maximum Gasteiger partial charge on any atom is 0.0406 e. The van der Waals surface area contributed by atoms with E-state index in [4.69, 9.17) is 17.3 Å². The van der Waals surface area contributed by atoms with Gasteiger partial charge in [-0.3, -0.25) is 0 Å². The van der Waals surface area contributed by atoms with Gasteiger partial charge in [0.15, 0.2) is 0 Å². The van der Waals surface area contributed by atoms with Crippen LogP contribution in [0.15, 0.2) is 24.3 Å². The summed E-state index contributed by atoms with van der Waals surface area (Å²) < 4.78 is 0. The van der Waals surface area contributed by atoms with E-state index in [1.165, 1.54) is 37.7 Å². The van der Waals surface area contributed by atoms with E-state index in [9.17, 15) is 0 Å². The third-order valence-electron chi connectivity index (χ3n) is 3.67. The summed E-state index contributed by atoms with van der Waals surface area (Å²) in [5.74, 6) is 0.771. The van der Waals surface area contributed by atoms with Gasteiger partial charge in [-0.2, -0.15) is 0 Å². The van der Waals surface area contributed by atoms with Gasteiger partial charge in [0, 0.05) is 11.1 Å². The number of rotatable bonds is 4. The van der Waals surface area contributed by atoms with Gasteiger partial charge >= 0.3 is 0 Å². The molecule has 0 spiro atoms. The molecule has 1 aromatic rings. The molecule has 2 heteroatoms. The van der Waals surface area contributed by atoms with Crippen molar-refractivity contribution < 1.29 is 0 Å². The van der Waals surface area contributed by atoms with Gasteiger partial charge in [-0.15, -0.1) is 0 Å². The molecule has 1 nitrogen and oxygen atoms in total. The smallest absolute Gasteiger partial charge is 0.0406 e. The first-order valence-electron chi connectivity index (χ1n) is 6.26. The second-order valence-corrected chi connectivity index (χ2v) is 5.31. The molecular formula is C14H20ClN. The fourth-order valence-electron chi connectivity index (χ4n) is 2.64. The fourth-order valence-corrected chi connectivity index (χ4v) is 2.77.